The van der Waals surface area contributed by atoms with Crippen molar-refractivity contribution in [3.63, 3.8) is 0 Å². The van der Waals surface area contributed by atoms with Crippen molar-refractivity contribution in [3.8, 4) is 5.75 Å². The van der Waals surface area contributed by atoms with Crippen molar-refractivity contribution < 1.29 is 23.9 Å². The van der Waals surface area contributed by atoms with Gasteiger partial charge in [0, 0.05) is 43.3 Å². The van der Waals surface area contributed by atoms with E-state index in [9.17, 15) is 14.4 Å². The Hall–Kier alpha value is -3.21. The highest BCUT2D eigenvalue weighted by Crippen LogP contribution is 2.40. The smallest absolute Gasteiger partial charge is 0.326 e. The van der Waals surface area contributed by atoms with Gasteiger partial charge in [0.2, 0.25) is 15.7 Å². The average Bonchev–Trinajstić information content (AvgIpc) is 3.10. The molecule has 0 radical (unpaired) electrons. The molecule has 0 saturated heterocycles. The normalized spacial score (nSPS) is 17.2. The topological polar surface area (TPSA) is 104 Å². The number of hydrogen-bond donors (Lipinski definition) is 1. The molecule has 2 aromatic carbocycles. The molecule has 0 spiro atoms. The van der Waals surface area contributed by atoms with E-state index < -0.39 is 15.4 Å². The molecular weight excluding hydrogens is 713 g/mol. The molecule has 3 amide bonds. The third-order valence-electron chi connectivity index (χ3n) is 10.0. The van der Waals surface area contributed by atoms with Crippen LogP contribution in [0.5, 0.6) is 5.75 Å². The Labute approximate surface area is 316 Å². The number of esters is 1. The predicted octanol–water partition coefficient (Wildman–Crippen LogP) is 8.68. The molecule has 0 aromatic heterocycles. The van der Waals surface area contributed by atoms with Gasteiger partial charge in [-0.15, -0.1) is 0 Å². The van der Waals surface area contributed by atoms with Crippen molar-refractivity contribution in [2.24, 2.45) is 4.99 Å². The van der Waals surface area contributed by atoms with E-state index in [4.69, 9.17) is 49.3 Å². The first kappa shape index (κ1) is 39.0. The molecule has 0 atom stereocenters. The second-order valence-electron chi connectivity index (χ2n) is 14.2. The number of rotatable bonds is 11. The van der Waals surface area contributed by atoms with E-state index in [1.807, 2.05) is 48.5 Å². The number of ether oxygens (including phenoxy) is 2. The van der Waals surface area contributed by atoms with Gasteiger partial charge < -0.3 is 24.2 Å². The average molecular weight is 763 g/mol. The number of fused-ring (bicyclic) bond motifs is 1. The first-order chi connectivity index (χ1) is 24.3. The van der Waals surface area contributed by atoms with Crippen molar-refractivity contribution in [3.05, 3.63) is 54.1 Å². The standard InChI is InChI=1S/C38H50Cl3N5O5/c1-37(2,38(39,40)41)51-34(48)26-45-25-27-24-31(50-23-13-20-33(47)44(3)28-14-7-4-8-15-28)21-22-32(27)42-35(45)43-36(49)46(29-16-9-5-10-17-29)30-18-11-6-12-19-30/h4,7-8,14-15,21-22,24,29-30H,5-6,9-13,16-20,23,25-26H2,1-3H3,(H,42,43,49). The number of guanidine groups is 1. The third kappa shape index (κ3) is 10.4. The summed E-state index contributed by atoms with van der Waals surface area (Å²) < 4.78 is 9.81. The number of alkyl halides is 3. The highest BCUT2D eigenvalue weighted by Gasteiger charge is 2.44. The number of amides is 3. The van der Waals surface area contributed by atoms with Crippen molar-refractivity contribution in [1.82, 2.24) is 15.1 Å². The first-order valence-corrected chi connectivity index (χ1v) is 19.2. The summed E-state index contributed by atoms with van der Waals surface area (Å²) in [6, 6.07) is 15.2. The molecular formula is C38H50Cl3N5O5. The zero-order valence-electron chi connectivity index (χ0n) is 29.8. The lowest BCUT2D eigenvalue weighted by atomic mass is 9.89. The predicted molar refractivity (Wildman–Crippen MR) is 203 cm³/mol. The number of aliphatic imine (C=N–C) groups is 1. The van der Waals surface area contributed by atoms with Gasteiger partial charge in [0.1, 0.15) is 12.3 Å². The molecule has 278 valence electrons. The number of carbonyl (C=O) groups excluding carboxylic acids is 3. The quantitative estimate of drug-likeness (QED) is 0.140. The maximum absolute atomic E-state index is 14.2. The summed E-state index contributed by atoms with van der Waals surface area (Å²) in [6.07, 6.45) is 11.6. The molecule has 2 aliphatic carbocycles. The number of nitrogens with zero attached hydrogens (tertiary/aromatic N) is 4. The lowest BCUT2D eigenvalue weighted by molar-refractivity contribution is -0.156. The van der Waals surface area contributed by atoms with Crippen LogP contribution in [0.1, 0.15) is 96.5 Å². The van der Waals surface area contributed by atoms with Gasteiger partial charge >= 0.3 is 12.0 Å². The summed E-state index contributed by atoms with van der Waals surface area (Å²) in [5.41, 5.74) is 0.898. The SMILES string of the molecule is CN(C(=O)CCCOc1ccc2c(c1)CN(CC(=O)OC(C)(C)C(Cl)(Cl)Cl)C(NC(=O)N(C1CCCCC1)C1CCCCC1)=N2)c1ccccc1. The van der Waals surface area contributed by atoms with Gasteiger partial charge in [-0.1, -0.05) is 91.5 Å². The van der Waals surface area contributed by atoms with Gasteiger partial charge in [0.05, 0.1) is 12.3 Å². The summed E-state index contributed by atoms with van der Waals surface area (Å²) in [5.74, 6) is 0.249. The molecule has 0 unspecified atom stereocenters. The Bertz CT molecular complexity index is 1520. The second-order valence-corrected chi connectivity index (χ2v) is 16.5. The highest BCUT2D eigenvalue weighted by molar-refractivity contribution is 6.68. The summed E-state index contributed by atoms with van der Waals surface area (Å²) in [4.78, 5) is 50.4. The minimum absolute atomic E-state index is 0.00476. The number of anilines is 1. The number of urea groups is 1. The Balaban J connectivity index is 1.30. The fourth-order valence-corrected chi connectivity index (χ4v) is 7.12. The first-order valence-electron chi connectivity index (χ1n) is 18.1. The zero-order valence-corrected chi connectivity index (χ0v) is 32.1. The van der Waals surface area contributed by atoms with Crippen LogP contribution in [0.4, 0.5) is 16.2 Å². The second kappa shape index (κ2) is 17.5. The van der Waals surface area contributed by atoms with Crippen LogP contribution in [-0.4, -0.2) is 75.3 Å². The molecule has 1 aliphatic heterocycles. The Morgan fingerprint density at radius 1 is 0.922 bits per heavy atom. The molecule has 3 aliphatic rings. The monoisotopic (exact) mass is 761 g/mol. The van der Waals surface area contributed by atoms with Crippen molar-refractivity contribution >= 4 is 70.0 Å². The maximum atomic E-state index is 14.2. The molecule has 13 heteroatoms. The number of nitrogens with one attached hydrogen (secondary N) is 1. The van der Waals surface area contributed by atoms with Gasteiger partial charge in [0.15, 0.2) is 5.60 Å². The van der Waals surface area contributed by atoms with E-state index >= 15 is 0 Å². The minimum atomic E-state index is -1.85. The van der Waals surface area contributed by atoms with Crippen LogP contribution >= 0.6 is 34.8 Å². The van der Waals surface area contributed by atoms with Crippen LogP contribution in [0.25, 0.3) is 0 Å². The van der Waals surface area contributed by atoms with E-state index in [0.717, 1.165) is 62.6 Å². The van der Waals surface area contributed by atoms with Crippen LogP contribution in [0, 0.1) is 0 Å². The fraction of sp³-hybridized carbons (Fsp3) is 0.579. The van der Waals surface area contributed by atoms with E-state index in [2.05, 4.69) is 10.2 Å². The van der Waals surface area contributed by atoms with E-state index in [1.165, 1.54) is 26.7 Å². The van der Waals surface area contributed by atoms with Crippen LogP contribution in [-0.2, 0) is 20.9 Å². The van der Waals surface area contributed by atoms with Gasteiger partial charge in [-0.25, -0.2) is 9.79 Å². The van der Waals surface area contributed by atoms with Crippen LogP contribution < -0.4 is 15.0 Å². The van der Waals surface area contributed by atoms with Crippen LogP contribution in [0.2, 0.25) is 0 Å². The third-order valence-corrected chi connectivity index (χ3v) is 11.4. The number of benzene rings is 2. The van der Waals surface area contributed by atoms with Crippen LogP contribution in [0.15, 0.2) is 53.5 Å². The summed E-state index contributed by atoms with van der Waals surface area (Å²) >= 11 is 18.3. The zero-order chi connectivity index (χ0) is 36.6. The van der Waals surface area contributed by atoms with Gasteiger partial charge in [-0.05, 0) is 76.3 Å². The molecule has 0 bridgehead atoms. The maximum Gasteiger partial charge on any atom is 0.326 e. The lowest BCUT2D eigenvalue weighted by Crippen LogP contribution is -2.57. The molecule has 51 heavy (non-hydrogen) atoms. The molecule has 2 saturated carbocycles. The largest absolute Gasteiger partial charge is 0.494 e. The lowest BCUT2D eigenvalue weighted by Gasteiger charge is -2.42. The highest BCUT2D eigenvalue weighted by atomic mass is 35.6. The molecule has 10 nitrogen and oxygen atoms in total. The molecule has 1 N–H and O–H groups in total. The Kier molecular flexibility index (Phi) is 13.4. The van der Waals surface area contributed by atoms with Gasteiger partial charge in [0.25, 0.3) is 0 Å². The fourth-order valence-electron chi connectivity index (χ4n) is 7.01. The van der Waals surface area contributed by atoms with E-state index in [-0.39, 0.29) is 43.1 Å². The summed E-state index contributed by atoms with van der Waals surface area (Å²) in [5, 5.41) is 3.10. The van der Waals surface area contributed by atoms with Gasteiger partial charge in [-0.2, -0.15) is 0 Å². The molecule has 2 fully saturated rings. The number of halogens is 3. The molecule has 5 rings (SSSR count). The van der Waals surface area contributed by atoms with Crippen LogP contribution in [0.3, 0.4) is 0 Å². The number of carbonyl (C=O) groups is 3. The van der Waals surface area contributed by atoms with Crippen molar-refractivity contribution in [2.75, 3.05) is 25.1 Å². The number of hydrogen-bond acceptors (Lipinski definition) is 7. The minimum Gasteiger partial charge on any atom is -0.494 e. The summed E-state index contributed by atoms with van der Waals surface area (Å²) in [6.45, 7) is 3.42. The molecule has 2 aromatic rings. The van der Waals surface area contributed by atoms with E-state index in [1.54, 1.807) is 16.8 Å². The van der Waals surface area contributed by atoms with Crippen molar-refractivity contribution in [2.45, 2.75) is 119 Å². The number of para-hydroxylation sites is 1. The molecule has 1 heterocycles. The van der Waals surface area contributed by atoms with E-state index in [0.29, 0.717) is 30.9 Å². The Morgan fingerprint density at radius 2 is 1.55 bits per heavy atom. The summed E-state index contributed by atoms with van der Waals surface area (Å²) in [7, 11) is 1.77. The van der Waals surface area contributed by atoms with Crippen molar-refractivity contribution in [1.29, 1.82) is 0 Å². The Morgan fingerprint density at radius 3 is 2.16 bits per heavy atom. The van der Waals surface area contributed by atoms with Gasteiger partial charge in [-0.3, -0.25) is 14.9 Å².